The molecule has 0 spiro atoms. The zero-order valence-electron chi connectivity index (χ0n) is 11.3. The molecule has 4 heteroatoms. The highest BCUT2D eigenvalue weighted by Crippen LogP contribution is 2.29. The van der Waals surface area contributed by atoms with Crippen LogP contribution < -0.4 is 5.32 Å². The van der Waals surface area contributed by atoms with Gasteiger partial charge in [-0.2, -0.15) is 0 Å². The lowest BCUT2D eigenvalue weighted by Crippen LogP contribution is -2.29. The van der Waals surface area contributed by atoms with Gasteiger partial charge in [0.2, 0.25) is 0 Å². The van der Waals surface area contributed by atoms with Crippen molar-refractivity contribution in [3.63, 3.8) is 0 Å². The molecule has 0 radical (unpaired) electrons. The molecule has 2 N–H and O–H groups in total. The van der Waals surface area contributed by atoms with E-state index in [1.165, 1.54) is 0 Å². The number of hydrogen-bond donors (Lipinski definition) is 2. The lowest BCUT2D eigenvalue weighted by Gasteiger charge is -2.26. The van der Waals surface area contributed by atoms with Crippen LogP contribution in [-0.2, 0) is 0 Å². The topological polar surface area (TPSA) is 45.1 Å². The molecule has 2 aromatic rings. The molecule has 0 fully saturated rings. The summed E-state index contributed by atoms with van der Waals surface area (Å²) in [5.41, 5.74) is 1.69. The van der Waals surface area contributed by atoms with E-state index in [1.807, 2.05) is 24.3 Å². The Labute approximate surface area is 118 Å². The molecule has 1 aromatic carbocycles. The largest absolute Gasteiger partial charge is 0.396 e. The molecular weight excluding hydrogens is 260 g/mol. The van der Waals surface area contributed by atoms with Gasteiger partial charge in [0.25, 0.3) is 0 Å². The van der Waals surface area contributed by atoms with Crippen molar-refractivity contribution >= 4 is 28.2 Å². The highest BCUT2D eigenvalue weighted by Gasteiger charge is 2.21. The molecule has 1 unspecified atom stereocenters. The highest BCUT2D eigenvalue weighted by molar-refractivity contribution is 6.35. The summed E-state index contributed by atoms with van der Waals surface area (Å²) in [4.78, 5) is 4.38. The fourth-order valence-corrected chi connectivity index (χ4v) is 2.10. The van der Waals surface area contributed by atoms with Crippen molar-refractivity contribution < 1.29 is 5.11 Å². The Morgan fingerprint density at radius 1 is 1.37 bits per heavy atom. The van der Waals surface area contributed by atoms with Gasteiger partial charge in [-0.15, -0.1) is 0 Å². The maximum atomic E-state index is 9.44. The van der Waals surface area contributed by atoms with E-state index in [4.69, 9.17) is 11.6 Å². The lowest BCUT2D eigenvalue weighted by molar-refractivity contribution is 0.149. The van der Waals surface area contributed by atoms with Crippen LogP contribution in [-0.4, -0.2) is 23.2 Å². The first kappa shape index (κ1) is 14.1. The second kappa shape index (κ2) is 5.76. The van der Waals surface area contributed by atoms with E-state index in [-0.39, 0.29) is 12.0 Å². The van der Waals surface area contributed by atoms with Crippen molar-refractivity contribution in [3.05, 3.63) is 35.5 Å². The number of halogens is 1. The number of pyridine rings is 1. The standard InChI is InChI=1S/C15H19ClN2O/c1-3-15(2,10-19)9-18-13-7-6-12(16)11-5-4-8-17-14(11)13/h4-8,18-19H,3,9-10H2,1-2H3. The summed E-state index contributed by atoms with van der Waals surface area (Å²) < 4.78 is 0. The van der Waals surface area contributed by atoms with Gasteiger partial charge in [-0.05, 0) is 30.7 Å². The third-order valence-corrected chi connectivity index (χ3v) is 3.99. The average molecular weight is 279 g/mol. The SMILES string of the molecule is CCC(C)(CO)CNc1ccc(Cl)c2cccnc12. The van der Waals surface area contributed by atoms with Gasteiger partial charge in [-0.1, -0.05) is 25.4 Å². The molecule has 0 saturated heterocycles. The van der Waals surface area contributed by atoms with Crippen LogP contribution in [0.25, 0.3) is 10.9 Å². The van der Waals surface area contributed by atoms with Crippen molar-refractivity contribution in [3.8, 4) is 0 Å². The maximum Gasteiger partial charge on any atom is 0.0948 e. The fraction of sp³-hybridized carbons (Fsp3) is 0.400. The van der Waals surface area contributed by atoms with Gasteiger partial charge in [0, 0.05) is 23.5 Å². The number of aliphatic hydroxyl groups excluding tert-OH is 1. The predicted molar refractivity (Wildman–Crippen MR) is 80.7 cm³/mol. The van der Waals surface area contributed by atoms with Crippen molar-refractivity contribution in [2.24, 2.45) is 5.41 Å². The molecule has 0 aliphatic rings. The Kier molecular flexibility index (Phi) is 4.27. The van der Waals surface area contributed by atoms with Gasteiger partial charge in [-0.3, -0.25) is 4.98 Å². The van der Waals surface area contributed by atoms with Crippen LogP contribution in [0.3, 0.4) is 0 Å². The van der Waals surface area contributed by atoms with Crippen LogP contribution in [0.4, 0.5) is 5.69 Å². The summed E-state index contributed by atoms with van der Waals surface area (Å²) in [7, 11) is 0. The summed E-state index contributed by atoms with van der Waals surface area (Å²) in [5.74, 6) is 0. The molecule has 2 rings (SSSR count). The number of aliphatic hydroxyl groups is 1. The molecule has 0 bridgehead atoms. The van der Waals surface area contributed by atoms with E-state index < -0.39 is 0 Å². The van der Waals surface area contributed by atoms with Crippen LogP contribution >= 0.6 is 11.6 Å². The Hall–Kier alpha value is -1.32. The van der Waals surface area contributed by atoms with E-state index in [0.29, 0.717) is 11.6 Å². The van der Waals surface area contributed by atoms with Crippen LogP contribution in [0.2, 0.25) is 5.02 Å². The van der Waals surface area contributed by atoms with Gasteiger partial charge in [0.1, 0.15) is 0 Å². The number of hydrogen-bond acceptors (Lipinski definition) is 3. The maximum absolute atomic E-state index is 9.44. The van der Waals surface area contributed by atoms with E-state index in [1.54, 1.807) is 6.20 Å². The summed E-state index contributed by atoms with van der Waals surface area (Å²) in [6.45, 7) is 5.00. The second-order valence-corrected chi connectivity index (χ2v) is 5.58. The normalized spacial score (nSPS) is 14.3. The van der Waals surface area contributed by atoms with E-state index in [2.05, 4.69) is 24.1 Å². The molecule has 0 aliphatic heterocycles. The smallest absolute Gasteiger partial charge is 0.0948 e. The third-order valence-electron chi connectivity index (χ3n) is 3.66. The molecule has 1 aromatic heterocycles. The Bertz CT molecular complexity index is 567. The number of fused-ring (bicyclic) bond motifs is 1. The Balaban J connectivity index is 2.29. The molecule has 3 nitrogen and oxygen atoms in total. The number of benzene rings is 1. The number of nitrogens with zero attached hydrogens (tertiary/aromatic N) is 1. The summed E-state index contributed by atoms with van der Waals surface area (Å²) >= 11 is 6.17. The van der Waals surface area contributed by atoms with Gasteiger partial charge in [0.05, 0.1) is 22.8 Å². The van der Waals surface area contributed by atoms with Gasteiger partial charge in [0.15, 0.2) is 0 Å². The summed E-state index contributed by atoms with van der Waals surface area (Å²) in [5, 5.41) is 14.5. The van der Waals surface area contributed by atoms with Crippen molar-refractivity contribution in [1.82, 2.24) is 4.98 Å². The number of aromatic nitrogens is 1. The number of anilines is 1. The van der Waals surface area contributed by atoms with Gasteiger partial charge < -0.3 is 10.4 Å². The van der Waals surface area contributed by atoms with Crippen LogP contribution in [0.15, 0.2) is 30.5 Å². The van der Waals surface area contributed by atoms with Gasteiger partial charge >= 0.3 is 0 Å². The van der Waals surface area contributed by atoms with Crippen LogP contribution in [0.1, 0.15) is 20.3 Å². The molecule has 0 aliphatic carbocycles. The quantitative estimate of drug-likeness (QED) is 0.876. The first-order valence-electron chi connectivity index (χ1n) is 6.47. The molecule has 1 heterocycles. The zero-order chi connectivity index (χ0) is 13.9. The predicted octanol–water partition coefficient (Wildman–Crippen LogP) is 3.71. The molecular formula is C15H19ClN2O. The van der Waals surface area contributed by atoms with Crippen LogP contribution in [0, 0.1) is 5.41 Å². The molecule has 19 heavy (non-hydrogen) atoms. The summed E-state index contributed by atoms with van der Waals surface area (Å²) in [6.07, 6.45) is 2.67. The lowest BCUT2D eigenvalue weighted by atomic mass is 9.88. The van der Waals surface area contributed by atoms with Gasteiger partial charge in [-0.25, -0.2) is 0 Å². The first-order chi connectivity index (χ1) is 9.09. The highest BCUT2D eigenvalue weighted by atomic mass is 35.5. The van der Waals surface area contributed by atoms with Crippen LogP contribution in [0.5, 0.6) is 0 Å². The van der Waals surface area contributed by atoms with Crippen molar-refractivity contribution in [1.29, 1.82) is 0 Å². The number of nitrogens with one attached hydrogen (secondary N) is 1. The second-order valence-electron chi connectivity index (χ2n) is 5.17. The average Bonchev–Trinajstić information content (AvgIpc) is 2.46. The Morgan fingerprint density at radius 3 is 2.84 bits per heavy atom. The first-order valence-corrected chi connectivity index (χ1v) is 6.85. The zero-order valence-corrected chi connectivity index (χ0v) is 12.0. The van der Waals surface area contributed by atoms with E-state index >= 15 is 0 Å². The molecule has 102 valence electrons. The molecule has 0 saturated carbocycles. The number of rotatable bonds is 5. The van der Waals surface area contributed by atoms with Crippen molar-refractivity contribution in [2.45, 2.75) is 20.3 Å². The van der Waals surface area contributed by atoms with E-state index in [9.17, 15) is 5.11 Å². The molecule has 1 atom stereocenters. The minimum absolute atomic E-state index is 0.124. The minimum atomic E-state index is -0.124. The molecule has 0 amide bonds. The monoisotopic (exact) mass is 278 g/mol. The summed E-state index contributed by atoms with van der Waals surface area (Å²) in [6, 6.07) is 7.64. The minimum Gasteiger partial charge on any atom is -0.396 e. The van der Waals surface area contributed by atoms with E-state index in [0.717, 1.165) is 23.0 Å². The third kappa shape index (κ3) is 2.99. The van der Waals surface area contributed by atoms with Crippen molar-refractivity contribution in [2.75, 3.05) is 18.5 Å². The Morgan fingerprint density at radius 2 is 2.16 bits per heavy atom. The fourth-order valence-electron chi connectivity index (χ4n) is 1.88.